The molecule has 9 rings (SSSR count). The van der Waals surface area contributed by atoms with Crippen LogP contribution in [-0.2, 0) is 43.3 Å². The van der Waals surface area contributed by atoms with Gasteiger partial charge in [-0.25, -0.2) is 0 Å². The van der Waals surface area contributed by atoms with Crippen LogP contribution < -0.4 is 0 Å². The van der Waals surface area contributed by atoms with Crippen molar-refractivity contribution in [2.24, 2.45) is 0 Å². The van der Waals surface area contributed by atoms with E-state index in [0.717, 1.165) is 75.1 Å². The second kappa shape index (κ2) is 14.0. The van der Waals surface area contributed by atoms with Crippen molar-refractivity contribution in [3.63, 3.8) is 0 Å². The van der Waals surface area contributed by atoms with Crippen LogP contribution in [-0.4, -0.2) is 19.9 Å². The summed E-state index contributed by atoms with van der Waals surface area (Å²) < 4.78 is 20.5. The number of furan rings is 3. The SMILES string of the molecule is CC1(C)C2=CC=C(C2)C(C)(C)c2ccc(o2)C(C)(C)c2ccc([nH]2)C(C)(C)c2ccc(o2)C(C)(C)c2ccc([nH]2)C(C)(C)c2ccc(o2)C(C)(C)c2ccc([nH]2)C(C)(C)c2ccc1[nH]2. The molecule has 7 nitrogen and oxygen atoms in total. The summed E-state index contributed by atoms with van der Waals surface area (Å²) in [5.74, 6) is 5.54. The summed E-state index contributed by atoms with van der Waals surface area (Å²) in [6, 6.07) is 30.7. The van der Waals surface area contributed by atoms with Gasteiger partial charge in [0, 0.05) is 61.8 Å². The van der Waals surface area contributed by atoms with Crippen LogP contribution in [0.15, 0.2) is 121 Å². The maximum absolute atomic E-state index is 6.87. The topological polar surface area (TPSA) is 103 Å². The molecule has 7 heteroatoms. The molecule has 0 saturated heterocycles. The van der Waals surface area contributed by atoms with Gasteiger partial charge in [0.2, 0.25) is 0 Å². The molecule has 7 aromatic rings. The predicted octanol–water partition coefficient (Wildman–Crippen LogP) is 14.6. The number of H-pyrrole nitrogens is 4. The minimum absolute atomic E-state index is 0.209. The molecule has 0 saturated carbocycles. The van der Waals surface area contributed by atoms with Crippen LogP contribution in [0.2, 0.25) is 0 Å². The van der Waals surface area contributed by atoms with Gasteiger partial charge in [-0.2, -0.15) is 0 Å². The molecule has 2 aliphatic rings. The van der Waals surface area contributed by atoms with E-state index in [2.05, 4.69) is 228 Å². The maximum atomic E-state index is 6.87. The van der Waals surface area contributed by atoms with Gasteiger partial charge in [-0.15, -0.1) is 0 Å². The van der Waals surface area contributed by atoms with Crippen molar-refractivity contribution in [3.8, 4) is 0 Å². The average Bonchev–Trinajstić information content (AvgIpc) is 4.11. The fourth-order valence-corrected chi connectivity index (χ4v) is 10.0. The van der Waals surface area contributed by atoms with Gasteiger partial charge < -0.3 is 33.2 Å². The summed E-state index contributed by atoms with van der Waals surface area (Å²) >= 11 is 0. The molecular weight excluding hydrogens is 789 g/mol. The molecule has 8 heterocycles. The Kier molecular flexibility index (Phi) is 9.54. The Morgan fingerprint density at radius 2 is 0.469 bits per heavy atom. The lowest BCUT2D eigenvalue weighted by Crippen LogP contribution is -2.25. The first-order valence-electron chi connectivity index (χ1n) is 23.2. The van der Waals surface area contributed by atoms with E-state index in [0.29, 0.717) is 0 Å². The van der Waals surface area contributed by atoms with E-state index in [-0.39, 0.29) is 16.2 Å². The van der Waals surface area contributed by atoms with Gasteiger partial charge in [0.15, 0.2) is 0 Å². The molecule has 7 aromatic heterocycles. The van der Waals surface area contributed by atoms with Crippen LogP contribution in [0.3, 0.4) is 0 Å². The van der Waals surface area contributed by atoms with Crippen LogP contribution in [0.5, 0.6) is 0 Å². The molecule has 0 atom stereocenters. The molecule has 1 aliphatic heterocycles. The third kappa shape index (κ3) is 6.57. The second-order valence-corrected chi connectivity index (χ2v) is 23.2. The number of hydrogen-bond acceptors (Lipinski definition) is 3. The van der Waals surface area contributed by atoms with Gasteiger partial charge in [0.25, 0.3) is 0 Å². The number of allylic oxidation sites excluding steroid dienone is 4. The summed E-state index contributed by atoms with van der Waals surface area (Å²) in [7, 11) is 0. The lowest BCUT2D eigenvalue weighted by atomic mass is 9.75. The number of hydrogen-bond donors (Lipinski definition) is 4. The second-order valence-electron chi connectivity index (χ2n) is 23.2. The molecule has 0 fully saturated rings. The molecule has 0 amide bonds. The van der Waals surface area contributed by atoms with Gasteiger partial charge in [-0.1, -0.05) is 37.1 Å². The molecule has 336 valence electrons. The first-order valence-corrected chi connectivity index (χ1v) is 23.2. The largest absolute Gasteiger partial charge is 0.464 e. The number of rotatable bonds is 0. The van der Waals surface area contributed by atoms with Crippen LogP contribution in [0.4, 0.5) is 0 Å². The summed E-state index contributed by atoms with van der Waals surface area (Å²) in [6.45, 7) is 36.1. The fourth-order valence-electron chi connectivity index (χ4n) is 10.0. The van der Waals surface area contributed by atoms with Crippen molar-refractivity contribution in [1.82, 2.24) is 19.9 Å². The molecular formula is C57H70N4O3. The minimum atomic E-state index is -0.422. The lowest BCUT2D eigenvalue weighted by Gasteiger charge is -2.30. The van der Waals surface area contributed by atoms with E-state index in [1.54, 1.807) is 0 Å². The van der Waals surface area contributed by atoms with Crippen LogP contribution >= 0.6 is 0 Å². The number of nitrogens with one attached hydrogen (secondary N) is 4. The molecule has 16 bridgehead atoms. The van der Waals surface area contributed by atoms with Crippen molar-refractivity contribution in [2.45, 2.75) is 161 Å². The highest BCUT2D eigenvalue weighted by molar-refractivity contribution is 5.48. The molecule has 64 heavy (non-hydrogen) atoms. The third-order valence-corrected chi connectivity index (χ3v) is 16.1. The standard InChI is InChI=1S/C57H70N4O3/c1-50(2)34-17-18-35(33-34)51(3,4)44-27-28-45(62-44)54(9,10)40-23-24-41(60-40)55(11,12)48-31-32-49(64-48)57(15,16)43-26-25-42(61-43)56(13,14)47-30-29-46(63-47)53(7,8)39-22-21-38(59-39)52(5,6)37-20-19-36(50)58-37/h17-32,58-61H,33H2,1-16H3. The van der Waals surface area contributed by atoms with E-state index < -0.39 is 27.1 Å². The van der Waals surface area contributed by atoms with Crippen LogP contribution in [0, 0.1) is 0 Å². The van der Waals surface area contributed by atoms with Crippen molar-refractivity contribution in [1.29, 1.82) is 0 Å². The van der Waals surface area contributed by atoms with Crippen LogP contribution in [0.1, 0.15) is 197 Å². The van der Waals surface area contributed by atoms with E-state index >= 15 is 0 Å². The third-order valence-electron chi connectivity index (χ3n) is 16.1. The Morgan fingerprint density at radius 3 is 0.734 bits per heavy atom. The monoisotopic (exact) mass is 859 g/mol. The van der Waals surface area contributed by atoms with Gasteiger partial charge in [-0.3, -0.25) is 0 Å². The fraction of sp³-hybridized carbons (Fsp3) is 0.439. The quantitative estimate of drug-likeness (QED) is 0.122. The highest BCUT2D eigenvalue weighted by Gasteiger charge is 2.41. The van der Waals surface area contributed by atoms with Gasteiger partial charge in [-0.05, 0) is 188 Å². The molecule has 0 spiro atoms. The van der Waals surface area contributed by atoms with Crippen molar-refractivity contribution >= 4 is 0 Å². The van der Waals surface area contributed by atoms with E-state index in [9.17, 15) is 0 Å². The summed E-state index contributed by atoms with van der Waals surface area (Å²) in [4.78, 5) is 15.4. The normalized spacial score (nSPS) is 21.3. The zero-order valence-corrected chi connectivity index (χ0v) is 41.2. The molecule has 0 radical (unpaired) electrons. The first-order chi connectivity index (χ1) is 29.7. The Bertz CT molecular complexity index is 2740. The number of fused-ring (bicyclic) bond motifs is 16. The van der Waals surface area contributed by atoms with Crippen molar-refractivity contribution in [3.05, 3.63) is 188 Å². The summed E-state index contributed by atoms with van der Waals surface area (Å²) in [6.07, 6.45) is 5.54. The molecule has 4 N–H and O–H groups in total. The Labute approximate surface area is 380 Å². The van der Waals surface area contributed by atoms with Gasteiger partial charge in [0.05, 0.1) is 27.1 Å². The Morgan fingerprint density at radius 1 is 0.266 bits per heavy atom. The molecule has 0 unspecified atom stereocenters. The van der Waals surface area contributed by atoms with Crippen molar-refractivity contribution < 1.29 is 13.3 Å². The van der Waals surface area contributed by atoms with Gasteiger partial charge >= 0.3 is 0 Å². The maximum Gasteiger partial charge on any atom is 0.115 e. The Balaban J connectivity index is 1.11. The Hall–Kier alpha value is -5.56. The lowest BCUT2D eigenvalue weighted by molar-refractivity contribution is 0.351. The summed E-state index contributed by atoms with van der Waals surface area (Å²) in [5, 5.41) is 0. The zero-order chi connectivity index (χ0) is 46.2. The van der Waals surface area contributed by atoms with Gasteiger partial charge in [0.1, 0.15) is 34.6 Å². The first kappa shape index (κ1) is 43.7. The highest BCUT2D eigenvalue weighted by Crippen LogP contribution is 2.47. The van der Waals surface area contributed by atoms with E-state index in [1.807, 2.05) is 0 Å². The smallest absolute Gasteiger partial charge is 0.115 e. The zero-order valence-electron chi connectivity index (χ0n) is 41.2. The van der Waals surface area contributed by atoms with Crippen molar-refractivity contribution in [2.75, 3.05) is 0 Å². The molecule has 0 aromatic carbocycles. The highest BCUT2D eigenvalue weighted by atomic mass is 16.4. The molecule has 1 aliphatic carbocycles. The minimum Gasteiger partial charge on any atom is -0.464 e. The predicted molar refractivity (Wildman–Crippen MR) is 259 cm³/mol. The number of aromatic amines is 4. The average molecular weight is 859 g/mol. The van der Waals surface area contributed by atoms with E-state index in [4.69, 9.17) is 13.3 Å². The van der Waals surface area contributed by atoms with E-state index in [1.165, 1.54) is 22.5 Å². The number of aromatic nitrogens is 4. The summed E-state index contributed by atoms with van der Waals surface area (Å²) in [5.41, 5.74) is 8.85. The van der Waals surface area contributed by atoms with Crippen LogP contribution in [0.25, 0.3) is 0 Å².